The number of aromatic nitrogens is 2. The van der Waals surface area contributed by atoms with Crippen LogP contribution in [0.4, 0.5) is 5.82 Å². The summed E-state index contributed by atoms with van der Waals surface area (Å²) in [6.45, 7) is 4.82. The summed E-state index contributed by atoms with van der Waals surface area (Å²) < 4.78 is 7.29. The second-order valence-electron chi connectivity index (χ2n) is 7.54. The zero-order chi connectivity index (χ0) is 19.9. The van der Waals surface area contributed by atoms with Crippen LogP contribution >= 0.6 is 11.3 Å². The van der Waals surface area contributed by atoms with Gasteiger partial charge in [-0.2, -0.15) is 4.98 Å². The van der Waals surface area contributed by atoms with Gasteiger partial charge < -0.3 is 15.8 Å². The van der Waals surface area contributed by atoms with Gasteiger partial charge in [0.05, 0.1) is 17.6 Å². The second kappa shape index (κ2) is 7.03. The van der Waals surface area contributed by atoms with Crippen LogP contribution in [0, 0.1) is 0 Å². The van der Waals surface area contributed by atoms with Crippen LogP contribution in [-0.4, -0.2) is 21.1 Å². The number of thiophene rings is 1. The highest BCUT2D eigenvalue weighted by Crippen LogP contribution is 2.40. The molecule has 1 amide bonds. The lowest BCUT2D eigenvalue weighted by atomic mass is 9.94. The Bertz CT molecular complexity index is 1100. The quantitative estimate of drug-likeness (QED) is 0.702. The van der Waals surface area contributed by atoms with Gasteiger partial charge in [0.1, 0.15) is 17.2 Å². The first-order valence-corrected chi connectivity index (χ1v) is 9.91. The Balaban J connectivity index is 1.65. The average Bonchev–Trinajstić information content (AvgIpc) is 3.02. The fraction of sp³-hybridized carbons (Fsp3) is 0.350. The summed E-state index contributed by atoms with van der Waals surface area (Å²) in [4.78, 5) is 30.6. The molecule has 28 heavy (non-hydrogen) atoms. The van der Waals surface area contributed by atoms with Crippen LogP contribution in [0.5, 0.6) is 0 Å². The van der Waals surface area contributed by atoms with Crippen molar-refractivity contribution in [2.45, 2.75) is 45.6 Å². The number of amides is 1. The van der Waals surface area contributed by atoms with Crippen molar-refractivity contribution in [2.75, 3.05) is 5.73 Å². The van der Waals surface area contributed by atoms with Crippen molar-refractivity contribution in [3.8, 4) is 0 Å². The van der Waals surface area contributed by atoms with E-state index in [1.807, 2.05) is 44.2 Å². The summed E-state index contributed by atoms with van der Waals surface area (Å²) in [6, 6.07) is 9.62. The monoisotopic (exact) mass is 398 g/mol. The van der Waals surface area contributed by atoms with Crippen molar-refractivity contribution in [3.05, 3.63) is 56.8 Å². The topological polar surface area (TPSA) is 99.2 Å². The van der Waals surface area contributed by atoms with Gasteiger partial charge in [0.15, 0.2) is 0 Å². The molecule has 0 bridgehead atoms. The predicted molar refractivity (Wildman–Crippen MR) is 109 cm³/mol. The molecule has 3 aromatic rings. The number of fused-ring (bicyclic) bond motifs is 3. The molecule has 0 saturated carbocycles. The Labute approximate surface area is 166 Å². The van der Waals surface area contributed by atoms with Crippen LogP contribution < -0.4 is 16.7 Å². The summed E-state index contributed by atoms with van der Waals surface area (Å²) in [5.41, 5.74) is 7.33. The summed E-state index contributed by atoms with van der Waals surface area (Å²) >= 11 is 1.45. The van der Waals surface area contributed by atoms with Crippen LogP contribution in [0.15, 0.2) is 35.1 Å². The SMILES string of the molecule is CC1(C)Cc2c(sc3c2c(N)nc(=O)n3CC(=O)NCc2ccccc2)CO1. The molecule has 1 aromatic carbocycles. The minimum absolute atomic E-state index is 0.0981. The van der Waals surface area contributed by atoms with E-state index in [-0.39, 0.29) is 23.9 Å². The first-order valence-electron chi connectivity index (χ1n) is 9.09. The molecule has 8 heteroatoms. The number of nitrogens with zero attached hydrogens (tertiary/aromatic N) is 2. The van der Waals surface area contributed by atoms with E-state index in [1.54, 1.807) is 0 Å². The third kappa shape index (κ3) is 3.53. The Morgan fingerprint density at radius 1 is 1.36 bits per heavy atom. The number of nitrogens with two attached hydrogens (primary N) is 1. The van der Waals surface area contributed by atoms with E-state index >= 15 is 0 Å². The zero-order valence-electron chi connectivity index (χ0n) is 15.8. The Kier molecular flexibility index (Phi) is 4.68. The lowest BCUT2D eigenvalue weighted by Crippen LogP contribution is -2.33. The number of hydrogen-bond acceptors (Lipinski definition) is 6. The minimum atomic E-state index is -0.515. The number of ether oxygens (including phenoxy) is 1. The molecule has 0 unspecified atom stereocenters. The average molecular weight is 398 g/mol. The molecule has 3 N–H and O–H groups in total. The van der Waals surface area contributed by atoms with Gasteiger partial charge in [0.25, 0.3) is 0 Å². The molecule has 4 rings (SSSR count). The molecule has 0 aliphatic carbocycles. The number of nitrogens with one attached hydrogen (secondary N) is 1. The third-order valence-electron chi connectivity index (χ3n) is 4.85. The number of carbonyl (C=O) groups excluding carboxylic acids is 1. The molecule has 7 nitrogen and oxygen atoms in total. The second-order valence-corrected chi connectivity index (χ2v) is 8.62. The summed E-state index contributed by atoms with van der Waals surface area (Å²) in [5, 5.41) is 3.62. The maximum atomic E-state index is 12.5. The predicted octanol–water partition coefficient (Wildman–Crippen LogP) is 2.21. The largest absolute Gasteiger partial charge is 0.383 e. The molecule has 0 saturated heterocycles. The van der Waals surface area contributed by atoms with Crippen LogP contribution in [-0.2, 0) is 35.6 Å². The highest BCUT2D eigenvalue weighted by molar-refractivity contribution is 7.19. The number of benzene rings is 1. The Morgan fingerprint density at radius 2 is 2.11 bits per heavy atom. The third-order valence-corrected chi connectivity index (χ3v) is 6.08. The van der Waals surface area contributed by atoms with Crippen LogP contribution in [0.25, 0.3) is 10.2 Å². The van der Waals surface area contributed by atoms with Gasteiger partial charge in [0, 0.05) is 17.8 Å². The first kappa shape index (κ1) is 18.6. The highest BCUT2D eigenvalue weighted by atomic mass is 32.1. The number of hydrogen-bond donors (Lipinski definition) is 2. The lowest BCUT2D eigenvalue weighted by molar-refractivity contribution is -0.121. The number of carbonyl (C=O) groups is 1. The Hall–Kier alpha value is -2.71. The van der Waals surface area contributed by atoms with Gasteiger partial charge in [-0.1, -0.05) is 30.3 Å². The molecule has 0 fully saturated rings. The van der Waals surface area contributed by atoms with Gasteiger partial charge in [-0.25, -0.2) is 4.79 Å². The fourth-order valence-electron chi connectivity index (χ4n) is 3.43. The number of rotatable bonds is 4. The fourth-order valence-corrected chi connectivity index (χ4v) is 4.67. The smallest absolute Gasteiger partial charge is 0.351 e. The highest BCUT2D eigenvalue weighted by Gasteiger charge is 2.31. The van der Waals surface area contributed by atoms with Crippen LogP contribution in [0.3, 0.4) is 0 Å². The lowest BCUT2D eigenvalue weighted by Gasteiger charge is -2.30. The molecular formula is C20H22N4O3S. The van der Waals surface area contributed by atoms with Crippen molar-refractivity contribution in [1.82, 2.24) is 14.9 Å². The molecule has 3 heterocycles. The van der Waals surface area contributed by atoms with Gasteiger partial charge in [-0.15, -0.1) is 11.3 Å². The maximum absolute atomic E-state index is 12.5. The molecule has 1 aliphatic rings. The molecule has 0 radical (unpaired) electrons. The van der Waals surface area contributed by atoms with Crippen LogP contribution in [0.1, 0.15) is 29.9 Å². The zero-order valence-corrected chi connectivity index (χ0v) is 16.6. The standard InChI is InChI=1S/C20H22N4O3S/c1-20(2)8-13-14(11-27-20)28-18-16(13)17(21)23-19(26)24(18)10-15(25)22-9-12-6-4-3-5-7-12/h3-7H,8-11H2,1-2H3,(H,22,25)(H2,21,23,26). The number of nitrogen functional groups attached to an aromatic ring is 1. The van der Waals surface area contributed by atoms with E-state index in [0.29, 0.717) is 24.4 Å². The van der Waals surface area contributed by atoms with E-state index in [9.17, 15) is 9.59 Å². The normalized spacial score (nSPS) is 15.4. The van der Waals surface area contributed by atoms with E-state index in [4.69, 9.17) is 10.5 Å². The van der Waals surface area contributed by atoms with Gasteiger partial charge in [0.2, 0.25) is 5.91 Å². The van der Waals surface area contributed by atoms with Crippen molar-refractivity contribution in [3.63, 3.8) is 0 Å². The molecule has 0 spiro atoms. The van der Waals surface area contributed by atoms with E-state index in [0.717, 1.165) is 21.4 Å². The summed E-state index contributed by atoms with van der Waals surface area (Å²) in [7, 11) is 0. The first-order chi connectivity index (χ1) is 13.3. The molecule has 146 valence electrons. The molecular weight excluding hydrogens is 376 g/mol. The van der Waals surface area contributed by atoms with Crippen molar-refractivity contribution in [2.24, 2.45) is 0 Å². The van der Waals surface area contributed by atoms with Gasteiger partial charge in [-0.3, -0.25) is 9.36 Å². The Morgan fingerprint density at radius 3 is 2.86 bits per heavy atom. The van der Waals surface area contributed by atoms with E-state index in [1.165, 1.54) is 15.9 Å². The molecule has 1 aliphatic heterocycles. The minimum Gasteiger partial charge on any atom is -0.383 e. The molecule has 2 aromatic heterocycles. The summed E-state index contributed by atoms with van der Waals surface area (Å²) in [5.74, 6) is -0.0297. The van der Waals surface area contributed by atoms with Gasteiger partial charge in [-0.05, 0) is 25.0 Å². The maximum Gasteiger partial charge on any atom is 0.351 e. The van der Waals surface area contributed by atoms with Crippen molar-refractivity contribution < 1.29 is 9.53 Å². The molecule has 0 atom stereocenters. The van der Waals surface area contributed by atoms with Crippen molar-refractivity contribution >= 4 is 33.3 Å². The number of anilines is 1. The van der Waals surface area contributed by atoms with E-state index < -0.39 is 5.69 Å². The van der Waals surface area contributed by atoms with Gasteiger partial charge >= 0.3 is 5.69 Å². The van der Waals surface area contributed by atoms with Crippen LogP contribution in [0.2, 0.25) is 0 Å². The van der Waals surface area contributed by atoms with Crippen molar-refractivity contribution in [1.29, 1.82) is 0 Å². The van der Waals surface area contributed by atoms with E-state index in [2.05, 4.69) is 10.3 Å². The summed E-state index contributed by atoms with van der Waals surface area (Å²) in [6.07, 6.45) is 0.687.